The molecule has 0 saturated heterocycles. The van der Waals surface area contributed by atoms with Crippen molar-refractivity contribution in [1.29, 1.82) is 0 Å². The van der Waals surface area contributed by atoms with Crippen LogP contribution in [0.2, 0.25) is 0 Å². The Bertz CT molecular complexity index is 350. The van der Waals surface area contributed by atoms with Gasteiger partial charge in [0.15, 0.2) is 0 Å². The summed E-state index contributed by atoms with van der Waals surface area (Å²) in [5, 5.41) is 2.77. The average Bonchev–Trinajstić information content (AvgIpc) is 2.11. The lowest BCUT2D eigenvalue weighted by Crippen LogP contribution is -2.17. The number of benzene rings is 1. The summed E-state index contributed by atoms with van der Waals surface area (Å²) in [5.41, 5.74) is 7.02. The summed E-state index contributed by atoms with van der Waals surface area (Å²) in [4.78, 5) is 11.3. The van der Waals surface area contributed by atoms with Gasteiger partial charge in [0, 0.05) is 21.8 Å². The summed E-state index contributed by atoms with van der Waals surface area (Å²) in [7, 11) is 0. The lowest BCUT2D eigenvalue weighted by atomic mass is 10.2. The van der Waals surface area contributed by atoms with Crippen LogP contribution in [0.5, 0.6) is 0 Å². The summed E-state index contributed by atoms with van der Waals surface area (Å²) in [6.07, 6.45) is 0. The summed E-state index contributed by atoms with van der Waals surface area (Å²) in [5.74, 6) is -0.0356. The van der Waals surface area contributed by atoms with E-state index in [1.54, 1.807) is 12.1 Å². The maximum atomic E-state index is 11.3. The van der Waals surface area contributed by atoms with E-state index in [1.165, 1.54) is 0 Å². The van der Waals surface area contributed by atoms with Crippen LogP contribution < -0.4 is 11.1 Å². The van der Waals surface area contributed by atoms with Gasteiger partial charge in [-0.2, -0.15) is 0 Å². The summed E-state index contributed by atoms with van der Waals surface area (Å²) in [6, 6.07) is 5.34. The minimum Gasteiger partial charge on any atom is -0.398 e. The molecule has 3 nitrogen and oxygen atoms in total. The lowest BCUT2D eigenvalue weighted by Gasteiger charge is -2.08. The zero-order chi connectivity index (χ0) is 10.7. The van der Waals surface area contributed by atoms with Crippen molar-refractivity contribution in [2.24, 2.45) is 5.92 Å². The number of halogens is 1. The van der Waals surface area contributed by atoms with E-state index in [0.717, 1.165) is 10.2 Å². The Kier molecular flexibility index (Phi) is 3.52. The fourth-order valence-corrected chi connectivity index (χ4v) is 1.15. The Morgan fingerprint density at radius 3 is 2.64 bits per heavy atom. The van der Waals surface area contributed by atoms with Crippen molar-refractivity contribution in [2.75, 3.05) is 11.1 Å². The average molecular weight is 257 g/mol. The highest BCUT2D eigenvalue weighted by molar-refractivity contribution is 9.10. The first-order chi connectivity index (χ1) is 6.50. The van der Waals surface area contributed by atoms with Gasteiger partial charge in [-0.25, -0.2) is 0 Å². The number of nitrogen functional groups attached to an aromatic ring is 1. The van der Waals surface area contributed by atoms with Gasteiger partial charge < -0.3 is 11.1 Å². The van der Waals surface area contributed by atoms with Crippen LogP contribution in [-0.4, -0.2) is 5.91 Å². The van der Waals surface area contributed by atoms with Crippen molar-refractivity contribution >= 4 is 33.2 Å². The molecule has 0 atom stereocenters. The van der Waals surface area contributed by atoms with Crippen LogP contribution in [0, 0.1) is 5.92 Å². The molecule has 0 aromatic heterocycles. The molecular weight excluding hydrogens is 244 g/mol. The minimum atomic E-state index is -0.0279. The highest BCUT2D eigenvalue weighted by Crippen LogP contribution is 2.23. The first kappa shape index (κ1) is 11.0. The highest BCUT2D eigenvalue weighted by atomic mass is 79.9. The number of carbonyl (C=O) groups excluding carboxylic acids is 1. The Balaban J connectivity index is 2.78. The molecular formula is C10H13BrN2O. The molecule has 0 aliphatic carbocycles. The van der Waals surface area contributed by atoms with Crippen molar-refractivity contribution < 1.29 is 4.79 Å². The molecule has 1 amide bonds. The van der Waals surface area contributed by atoms with Gasteiger partial charge in [0.1, 0.15) is 0 Å². The van der Waals surface area contributed by atoms with Crippen LogP contribution in [0.3, 0.4) is 0 Å². The summed E-state index contributed by atoms with van der Waals surface area (Å²) < 4.78 is 0.833. The van der Waals surface area contributed by atoms with Crippen LogP contribution in [0.1, 0.15) is 13.8 Å². The molecule has 0 aliphatic heterocycles. The molecule has 14 heavy (non-hydrogen) atoms. The summed E-state index contributed by atoms with van der Waals surface area (Å²) in [6.45, 7) is 3.69. The molecule has 0 heterocycles. The number of hydrogen-bond acceptors (Lipinski definition) is 2. The Morgan fingerprint density at radius 1 is 1.50 bits per heavy atom. The largest absolute Gasteiger partial charge is 0.398 e. The fourth-order valence-electron chi connectivity index (χ4n) is 0.908. The first-order valence-corrected chi connectivity index (χ1v) is 5.16. The smallest absolute Gasteiger partial charge is 0.226 e. The number of anilines is 2. The molecule has 1 aromatic rings. The van der Waals surface area contributed by atoms with E-state index in [4.69, 9.17) is 5.73 Å². The molecule has 76 valence electrons. The second kappa shape index (κ2) is 4.46. The number of hydrogen-bond donors (Lipinski definition) is 2. The number of amides is 1. The van der Waals surface area contributed by atoms with Crippen LogP contribution in [0.4, 0.5) is 11.4 Å². The number of nitrogens with one attached hydrogen (secondary N) is 1. The van der Waals surface area contributed by atoms with E-state index >= 15 is 0 Å². The van der Waals surface area contributed by atoms with Crippen molar-refractivity contribution in [3.8, 4) is 0 Å². The molecule has 0 spiro atoms. The standard InChI is InChI=1S/C10H13BrN2O/c1-6(2)10(14)13-7-3-4-8(11)9(12)5-7/h3-6H,12H2,1-2H3,(H,13,14). The normalized spacial score (nSPS) is 10.3. The number of nitrogens with two attached hydrogens (primary N) is 1. The van der Waals surface area contributed by atoms with E-state index in [1.807, 2.05) is 19.9 Å². The van der Waals surface area contributed by atoms with Crippen molar-refractivity contribution in [2.45, 2.75) is 13.8 Å². The first-order valence-electron chi connectivity index (χ1n) is 4.36. The number of carbonyl (C=O) groups is 1. The monoisotopic (exact) mass is 256 g/mol. The van der Waals surface area contributed by atoms with Crippen molar-refractivity contribution in [3.05, 3.63) is 22.7 Å². The van der Waals surface area contributed by atoms with E-state index < -0.39 is 0 Å². The molecule has 0 unspecified atom stereocenters. The predicted octanol–water partition coefficient (Wildman–Crippen LogP) is 2.63. The van der Waals surface area contributed by atoms with E-state index in [9.17, 15) is 4.79 Å². The topological polar surface area (TPSA) is 55.1 Å². The van der Waals surface area contributed by atoms with Gasteiger partial charge >= 0.3 is 0 Å². The Morgan fingerprint density at radius 2 is 2.14 bits per heavy atom. The SMILES string of the molecule is CC(C)C(=O)Nc1ccc(Br)c(N)c1. The van der Waals surface area contributed by atoms with Crippen LogP contribution in [0.15, 0.2) is 22.7 Å². The van der Waals surface area contributed by atoms with Gasteiger partial charge in [0.25, 0.3) is 0 Å². The third-order valence-corrected chi connectivity index (χ3v) is 2.51. The third-order valence-electron chi connectivity index (χ3n) is 1.79. The fraction of sp³-hybridized carbons (Fsp3) is 0.300. The second-order valence-corrected chi connectivity index (χ2v) is 4.23. The molecule has 4 heteroatoms. The van der Waals surface area contributed by atoms with Gasteiger partial charge in [0.05, 0.1) is 0 Å². The molecule has 0 radical (unpaired) electrons. The second-order valence-electron chi connectivity index (χ2n) is 3.38. The summed E-state index contributed by atoms with van der Waals surface area (Å²) >= 11 is 3.29. The Labute approximate surface area is 91.8 Å². The highest BCUT2D eigenvalue weighted by Gasteiger charge is 2.07. The number of rotatable bonds is 2. The molecule has 0 aliphatic rings. The predicted molar refractivity (Wildman–Crippen MR) is 62.0 cm³/mol. The van der Waals surface area contributed by atoms with Crippen molar-refractivity contribution in [3.63, 3.8) is 0 Å². The van der Waals surface area contributed by atoms with Gasteiger partial charge in [-0.05, 0) is 34.1 Å². The zero-order valence-electron chi connectivity index (χ0n) is 8.17. The van der Waals surface area contributed by atoms with Crippen LogP contribution in [-0.2, 0) is 4.79 Å². The molecule has 1 aromatic carbocycles. The minimum absolute atomic E-state index is 0.00766. The van der Waals surface area contributed by atoms with Gasteiger partial charge in [-0.1, -0.05) is 13.8 Å². The van der Waals surface area contributed by atoms with Crippen LogP contribution in [0.25, 0.3) is 0 Å². The molecule has 0 fully saturated rings. The molecule has 0 saturated carbocycles. The van der Waals surface area contributed by atoms with Gasteiger partial charge in [-0.3, -0.25) is 4.79 Å². The maximum Gasteiger partial charge on any atom is 0.226 e. The maximum absolute atomic E-state index is 11.3. The van der Waals surface area contributed by atoms with Crippen molar-refractivity contribution in [1.82, 2.24) is 0 Å². The third kappa shape index (κ3) is 2.73. The van der Waals surface area contributed by atoms with Gasteiger partial charge in [0.2, 0.25) is 5.91 Å². The lowest BCUT2D eigenvalue weighted by molar-refractivity contribution is -0.118. The molecule has 3 N–H and O–H groups in total. The van der Waals surface area contributed by atoms with E-state index in [0.29, 0.717) is 5.69 Å². The van der Waals surface area contributed by atoms with Crippen LogP contribution >= 0.6 is 15.9 Å². The zero-order valence-corrected chi connectivity index (χ0v) is 9.76. The van der Waals surface area contributed by atoms with Gasteiger partial charge in [-0.15, -0.1) is 0 Å². The molecule has 1 rings (SSSR count). The van der Waals surface area contributed by atoms with E-state index in [-0.39, 0.29) is 11.8 Å². The molecule has 0 bridgehead atoms. The quantitative estimate of drug-likeness (QED) is 0.800. The van der Waals surface area contributed by atoms with E-state index in [2.05, 4.69) is 21.2 Å². The Hall–Kier alpha value is -1.03.